The number of nitrogens with one attached hydrogen (secondary N) is 1. The molecule has 0 atom stereocenters. The maximum Gasteiger partial charge on any atom is 0.161 e. The molecule has 0 bridgehead atoms. The SMILES string of the molecule is CCNc1nc(-c2cc(F)cc(Br)c2)nc2c1COCC2. The second-order valence-corrected chi connectivity index (χ2v) is 5.73. The minimum atomic E-state index is -0.311. The maximum atomic E-state index is 13.6. The number of anilines is 1. The van der Waals surface area contributed by atoms with Crippen LogP contribution in [-0.2, 0) is 17.8 Å². The lowest BCUT2D eigenvalue weighted by molar-refractivity contribution is 0.109. The van der Waals surface area contributed by atoms with E-state index in [0.29, 0.717) is 29.1 Å². The van der Waals surface area contributed by atoms with Gasteiger partial charge in [0.15, 0.2) is 5.82 Å². The van der Waals surface area contributed by atoms with Crippen molar-refractivity contribution in [3.05, 3.63) is 39.7 Å². The second kappa shape index (κ2) is 6.07. The fourth-order valence-electron chi connectivity index (χ4n) is 2.36. The van der Waals surface area contributed by atoms with E-state index in [1.165, 1.54) is 12.1 Å². The van der Waals surface area contributed by atoms with Gasteiger partial charge in [0.2, 0.25) is 0 Å². The molecule has 0 spiro atoms. The Morgan fingerprint density at radius 1 is 1.33 bits per heavy atom. The lowest BCUT2D eigenvalue weighted by Crippen LogP contribution is -2.17. The zero-order chi connectivity index (χ0) is 14.8. The van der Waals surface area contributed by atoms with E-state index in [-0.39, 0.29) is 5.82 Å². The Morgan fingerprint density at radius 3 is 2.95 bits per heavy atom. The Bertz CT molecular complexity index is 658. The standard InChI is InChI=1S/C15H15BrFN3O/c1-2-18-15-12-8-21-4-3-13(12)19-14(20-15)9-5-10(16)7-11(17)6-9/h5-7H,2-4,8H2,1H3,(H,18,19,20). The van der Waals surface area contributed by atoms with Crippen molar-refractivity contribution in [2.45, 2.75) is 20.0 Å². The number of halogens is 2. The van der Waals surface area contributed by atoms with Gasteiger partial charge in [0.25, 0.3) is 0 Å². The van der Waals surface area contributed by atoms with Crippen molar-refractivity contribution in [3.63, 3.8) is 0 Å². The number of aromatic nitrogens is 2. The van der Waals surface area contributed by atoms with Crippen LogP contribution < -0.4 is 5.32 Å². The molecular weight excluding hydrogens is 337 g/mol. The first-order chi connectivity index (χ1) is 10.2. The summed E-state index contributed by atoms with van der Waals surface area (Å²) < 4.78 is 19.7. The topological polar surface area (TPSA) is 47.0 Å². The summed E-state index contributed by atoms with van der Waals surface area (Å²) in [5.41, 5.74) is 2.64. The van der Waals surface area contributed by atoms with Crippen LogP contribution in [-0.4, -0.2) is 23.1 Å². The third-order valence-electron chi connectivity index (χ3n) is 3.29. The van der Waals surface area contributed by atoms with Gasteiger partial charge >= 0.3 is 0 Å². The van der Waals surface area contributed by atoms with Crippen LogP contribution in [0.2, 0.25) is 0 Å². The molecule has 1 aliphatic heterocycles. The van der Waals surface area contributed by atoms with Crippen molar-refractivity contribution in [2.75, 3.05) is 18.5 Å². The molecule has 0 saturated carbocycles. The predicted octanol–water partition coefficient (Wildman–Crippen LogP) is 3.55. The van der Waals surface area contributed by atoms with Crippen LogP contribution in [0.1, 0.15) is 18.2 Å². The van der Waals surface area contributed by atoms with Crippen LogP contribution in [0.4, 0.5) is 10.2 Å². The van der Waals surface area contributed by atoms with Gasteiger partial charge in [0, 0.05) is 28.6 Å². The smallest absolute Gasteiger partial charge is 0.161 e. The van der Waals surface area contributed by atoms with E-state index in [0.717, 1.165) is 30.0 Å². The lowest BCUT2D eigenvalue weighted by atomic mass is 10.1. The van der Waals surface area contributed by atoms with E-state index in [4.69, 9.17) is 4.74 Å². The summed E-state index contributed by atoms with van der Waals surface area (Å²) >= 11 is 3.30. The van der Waals surface area contributed by atoms with Crippen molar-refractivity contribution in [2.24, 2.45) is 0 Å². The molecule has 1 aromatic carbocycles. The number of hydrogen-bond donors (Lipinski definition) is 1. The first-order valence-electron chi connectivity index (χ1n) is 6.85. The van der Waals surface area contributed by atoms with Crippen molar-refractivity contribution in [3.8, 4) is 11.4 Å². The summed E-state index contributed by atoms with van der Waals surface area (Å²) in [6.45, 7) is 3.94. The van der Waals surface area contributed by atoms with Crippen LogP contribution in [0.15, 0.2) is 22.7 Å². The van der Waals surface area contributed by atoms with Gasteiger partial charge in [-0.05, 0) is 25.1 Å². The van der Waals surface area contributed by atoms with Gasteiger partial charge < -0.3 is 10.1 Å². The molecule has 3 rings (SSSR count). The number of benzene rings is 1. The third-order valence-corrected chi connectivity index (χ3v) is 3.75. The molecule has 0 aliphatic carbocycles. The number of nitrogens with zero attached hydrogens (tertiary/aromatic N) is 2. The summed E-state index contributed by atoms with van der Waals surface area (Å²) in [5, 5.41) is 3.24. The molecule has 1 aliphatic rings. The van der Waals surface area contributed by atoms with Gasteiger partial charge in [-0.15, -0.1) is 0 Å². The minimum absolute atomic E-state index is 0.311. The number of hydrogen-bond acceptors (Lipinski definition) is 4. The van der Waals surface area contributed by atoms with E-state index in [2.05, 4.69) is 31.2 Å². The Kier molecular flexibility index (Phi) is 4.17. The predicted molar refractivity (Wildman–Crippen MR) is 82.6 cm³/mol. The fourth-order valence-corrected chi connectivity index (χ4v) is 2.82. The summed E-state index contributed by atoms with van der Waals surface area (Å²) in [5.74, 6) is 0.999. The van der Waals surface area contributed by atoms with Crippen LogP contribution in [0.5, 0.6) is 0 Å². The Hall–Kier alpha value is -1.53. The fraction of sp³-hybridized carbons (Fsp3) is 0.333. The van der Waals surface area contributed by atoms with Crippen molar-refractivity contribution >= 4 is 21.7 Å². The molecule has 4 nitrogen and oxygen atoms in total. The Balaban J connectivity index is 2.12. The highest BCUT2D eigenvalue weighted by atomic mass is 79.9. The van der Waals surface area contributed by atoms with E-state index in [1.807, 2.05) is 13.0 Å². The molecule has 0 amide bonds. The van der Waals surface area contributed by atoms with Gasteiger partial charge in [0.1, 0.15) is 11.6 Å². The molecule has 2 heterocycles. The lowest BCUT2D eigenvalue weighted by Gasteiger charge is -2.20. The third kappa shape index (κ3) is 3.06. The van der Waals surface area contributed by atoms with E-state index in [1.54, 1.807) is 0 Å². The molecule has 0 radical (unpaired) electrons. The Morgan fingerprint density at radius 2 is 2.19 bits per heavy atom. The van der Waals surface area contributed by atoms with Crippen molar-refractivity contribution in [1.82, 2.24) is 9.97 Å². The molecule has 0 fully saturated rings. The van der Waals surface area contributed by atoms with Gasteiger partial charge in [-0.2, -0.15) is 0 Å². The molecule has 21 heavy (non-hydrogen) atoms. The summed E-state index contributed by atoms with van der Waals surface area (Å²) in [7, 11) is 0. The monoisotopic (exact) mass is 351 g/mol. The second-order valence-electron chi connectivity index (χ2n) is 4.81. The normalized spacial score (nSPS) is 13.9. The van der Waals surface area contributed by atoms with E-state index in [9.17, 15) is 4.39 Å². The molecule has 0 unspecified atom stereocenters. The van der Waals surface area contributed by atoms with Crippen LogP contribution in [0.25, 0.3) is 11.4 Å². The van der Waals surface area contributed by atoms with Crippen molar-refractivity contribution in [1.29, 1.82) is 0 Å². The summed E-state index contributed by atoms with van der Waals surface area (Å²) in [6, 6.07) is 4.68. The van der Waals surface area contributed by atoms with Crippen molar-refractivity contribution < 1.29 is 9.13 Å². The Labute approximate surface area is 130 Å². The largest absolute Gasteiger partial charge is 0.376 e. The van der Waals surface area contributed by atoms with Crippen LogP contribution >= 0.6 is 15.9 Å². The van der Waals surface area contributed by atoms with E-state index >= 15 is 0 Å². The zero-order valence-electron chi connectivity index (χ0n) is 11.6. The highest BCUT2D eigenvalue weighted by molar-refractivity contribution is 9.10. The highest BCUT2D eigenvalue weighted by Gasteiger charge is 2.19. The highest BCUT2D eigenvalue weighted by Crippen LogP contribution is 2.28. The number of fused-ring (bicyclic) bond motifs is 1. The zero-order valence-corrected chi connectivity index (χ0v) is 13.2. The number of ether oxygens (including phenoxy) is 1. The van der Waals surface area contributed by atoms with Gasteiger partial charge in [-0.3, -0.25) is 0 Å². The maximum absolute atomic E-state index is 13.6. The summed E-state index contributed by atoms with van der Waals surface area (Å²) in [6.07, 6.45) is 0.750. The molecule has 1 N–H and O–H groups in total. The molecule has 0 saturated heterocycles. The van der Waals surface area contributed by atoms with Gasteiger partial charge in [0.05, 0.1) is 18.9 Å². The van der Waals surface area contributed by atoms with E-state index < -0.39 is 0 Å². The first-order valence-corrected chi connectivity index (χ1v) is 7.64. The molecule has 2 aromatic rings. The number of rotatable bonds is 3. The minimum Gasteiger partial charge on any atom is -0.376 e. The van der Waals surface area contributed by atoms with Gasteiger partial charge in [-0.1, -0.05) is 15.9 Å². The van der Waals surface area contributed by atoms with Crippen LogP contribution in [0, 0.1) is 5.82 Å². The molecule has 1 aromatic heterocycles. The molecular formula is C15H15BrFN3O. The summed E-state index contributed by atoms with van der Waals surface area (Å²) in [4.78, 5) is 9.13. The van der Waals surface area contributed by atoms with Crippen LogP contribution in [0.3, 0.4) is 0 Å². The molecule has 6 heteroatoms. The average Bonchev–Trinajstić information content (AvgIpc) is 2.46. The quantitative estimate of drug-likeness (QED) is 0.918. The average molecular weight is 352 g/mol. The molecule has 110 valence electrons. The first kappa shape index (κ1) is 14.4. The van der Waals surface area contributed by atoms with Gasteiger partial charge in [-0.25, -0.2) is 14.4 Å².